The summed E-state index contributed by atoms with van der Waals surface area (Å²) < 4.78 is 5.31. The smallest absolute Gasteiger partial charge is 0.272 e. The van der Waals surface area contributed by atoms with Gasteiger partial charge >= 0.3 is 0 Å². The summed E-state index contributed by atoms with van der Waals surface area (Å²) in [5.74, 6) is -1.16. The standard InChI is InChI=1S/C18H25N5O5S/c1-11(2)10-12(14(24)15(25)20-27)17(26)22-5-7-23(8-6-22)18-19-16(28-21-18)13-4-3-9-29-13/h3-4,9,11-12,14,24,27H,5-8,10H2,1-2H3,(H,20,25). The third-order valence-electron chi connectivity index (χ3n) is 4.82. The molecule has 3 N–H and O–H groups in total. The van der Waals surface area contributed by atoms with Crippen LogP contribution in [0.25, 0.3) is 10.8 Å². The van der Waals surface area contributed by atoms with Crippen LogP contribution in [0, 0.1) is 11.8 Å². The van der Waals surface area contributed by atoms with Crippen molar-refractivity contribution in [1.29, 1.82) is 0 Å². The lowest BCUT2D eigenvalue weighted by Crippen LogP contribution is -2.53. The highest BCUT2D eigenvalue weighted by molar-refractivity contribution is 7.13. The lowest BCUT2D eigenvalue weighted by molar-refractivity contribution is -0.151. The fourth-order valence-corrected chi connectivity index (χ4v) is 3.97. The molecule has 158 valence electrons. The van der Waals surface area contributed by atoms with Crippen molar-refractivity contribution < 1.29 is 24.4 Å². The van der Waals surface area contributed by atoms with Crippen molar-refractivity contribution >= 4 is 29.1 Å². The van der Waals surface area contributed by atoms with Crippen LogP contribution in [0.2, 0.25) is 0 Å². The second-order valence-electron chi connectivity index (χ2n) is 7.35. The second kappa shape index (κ2) is 9.33. The molecule has 0 aliphatic carbocycles. The van der Waals surface area contributed by atoms with Crippen LogP contribution >= 0.6 is 11.3 Å². The molecule has 0 saturated carbocycles. The first-order valence-corrected chi connectivity index (χ1v) is 10.3. The first kappa shape index (κ1) is 21.2. The van der Waals surface area contributed by atoms with Gasteiger partial charge in [-0.15, -0.1) is 11.3 Å². The molecule has 1 saturated heterocycles. The van der Waals surface area contributed by atoms with E-state index in [1.807, 2.05) is 36.3 Å². The van der Waals surface area contributed by atoms with Crippen LogP contribution in [0.4, 0.5) is 5.95 Å². The van der Waals surface area contributed by atoms with Crippen molar-refractivity contribution in [2.75, 3.05) is 31.1 Å². The molecule has 2 amide bonds. The molecule has 3 rings (SSSR count). The summed E-state index contributed by atoms with van der Waals surface area (Å²) in [6.07, 6.45) is -1.26. The van der Waals surface area contributed by atoms with Crippen LogP contribution in [0.15, 0.2) is 22.0 Å². The van der Waals surface area contributed by atoms with Gasteiger partial charge in [0.05, 0.1) is 10.8 Å². The van der Waals surface area contributed by atoms with Crippen LogP contribution < -0.4 is 10.4 Å². The molecule has 11 heteroatoms. The molecule has 0 radical (unpaired) electrons. The Morgan fingerprint density at radius 3 is 2.62 bits per heavy atom. The van der Waals surface area contributed by atoms with Gasteiger partial charge in [-0.3, -0.25) is 14.8 Å². The van der Waals surface area contributed by atoms with Gasteiger partial charge < -0.3 is 19.4 Å². The van der Waals surface area contributed by atoms with E-state index in [0.29, 0.717) is 44.4 Å². The van der Waals surface area contributed by atoms with Gasteiger partial charge in [-0.2, -0.15) is 4.98 Å². The number of nitrogens with one attached hydrogen (secondary N) is 1. The van der Waals surface area contributed by atoms with Crippen molar-refractivity contribution in [3.8, 4) is 10.8 Å². The normalized spacial score (nSPS) is 16.7. The number of piperazine rings is 1. The molecule has 1 aliphatic heterocycles. The Labute approximate surface area is 172 Å². The molecule has 29 heavy (non-hydrogen) atoms. The Hall–Kier alpha value is -2.50. The topological polar surface area (TPSA) is 132 Å². The summed E-state index contributed by atoms with van der Waals surface area (Å²) in [7, 11) is 0. The zero-order valence-electron chi connectivity index (χ0n) is 16.3. The average molecular weight is 423 g/mol. The van der Waals surface area contributed by atoms with E-state index < -0.39 is 17.9 Å². The molecule has 3 heterocycles. The van der Waals surface area contributed by atoms with E-state index in [-0.39, 0.29) is 11.8 Å². The number of nitrogens with zero attached hydrogens (tertiary/aromatic N) is 4. The Balaban J connectivity index is 1.62. The maximum absolute atomic E-state index is 12.9. The molecule has 1 aliphatic rings. The minimum Gasteiger partial charge on any atom is -0.382 e. The number of hydrogen-bond acceptors (Lipinski definition) is 9. The third-order valence-corrected chi connectivity index (χ3v) is 5.68. The monoisotopic (exact) mass is 423 g/mol. The minimum absolute atomic E-state index is 0.0985. The fraction of sp³-hybridized carbons (Fsp3) is 0.556. The number of anilines is 1. The highest BCUT2D eigenvalue weighted by Crippen LogP contribution is 2.25. The number of amides is 2. The van der Waals surface area contributed by atoms with Crippen molar-refractivity contribution in [3.63, 3.8) is 0 Å². The van der Waals surface area contributed by atoms with Crippen LogP contribution in [-0.2, 0) is 9.59 Å². The maximum Gasteiger partial charge on any atom is 0.272 e. The molecule has 2 atom stereocenters. The van der Waals surface area contributed by atoms with Gasteiger partial charge in [0.25, 0.3) is 17.7 Å². The van der Waals surface area contributed by atoms with E-state index in [9.17, 15) is 14.7 Å². The fourth-order valence-electron chi connectivity index (χ4n) is 3.33. The summed E-state index contributed by atoms with van der Waals surface area (Å²) in [4.78, 5) is 33.4. The van der Waals surface area contributed by atoms with Gasteiger partial charge in [0, 0.05) is 26.2 Å². The highest BCUT2D eigenvalue weighted by atomic mass is 32.1. The molecular formula is C18H25N5O5S. The Bertz CT molecular complexity index is 816. The number of carbonyl (C=O) groups excluding carboxylic acids is 2. The predicted octanol–water partition coefficient (Wildman–Crippen LogP) is 0.975. The number of hydrogen-bond donors (Lipinski definition) is 3. The molecule has 0 bridgehead atoms. The molecule has 0 aromatic carbocycles. The molecule has 2 aromatic heterocycles. The lowest BCUT2D eigenvalue weighted by Gasteiger charge is -2.36. The number of hydroxylamine groups is 1. The van der Waals surface area contributed by atoms with E-state index >= 15 is 0 Å². The largest absolute Gasteiger partial charge is 0.382 e. The number of aliphatic hydroxyl groups is 1. The van der Waals surface area contributed by atoms with E-state index in [0.717, 1.165) is 4.88 Å². The second-order valence-corrected chi connectivity index (χ2v) is 8.29. The number of carbonyl (C=O) groups is 2. The Morgan fingerprint density at radius 1 is 1.31 bits per heavy atom. The van der Waals surface area contributed by atoms with Crippen LogP contribution in [0.5, 0.6) is 0 Å². The van der Waals surface area contributed by atoms with Crippen molar-refractivity contribution in [1.82, 2.24) is 20.5 Å². The first-order valence-electron chi connectivity index (χ1n) is 9.44. The molecule has 2 aromatic rings. The number of aromatic nitrogens is 2. The SMILES string of the molecule is CC(C)CC(C(=O)N1CCN(c2noc(-c3cccs3)n2)CC1)C(O)C(=O)NO. The molecule has 1 fully saturated rings. The van der Waals surface area contributed by atoms with Crippen LogP contribution in [0.3, 0.4) is 0 Å². The van der Waals surface area contributed by atoms with Gasteiger partial charge in [-0.25, -0.2) is 5.48 Å². The zero-order valence-corrected chi connectivity index (χ0v) is 17.1. The lowest BCUT2D eigenvalue weighted by atomic mass is 9.90. The van der Waals surface area contributed by atoms with E-state index in [4.69, 9.17) is 9.73 Å². The summed E-state index contributed by atoms with van der Waals surface area (Å²) in [6, 6.07) is 3.81. The number of thiophene rings is 1. The van der Waals surface area contributed by atoms with E-state index in [2.05, 4.69) is 10.1 Å². The predicted molar refractivity (Wildman–Crippen MR) is 105 cm³/mol. The van der Waals surface area contributed by atoms with Crippen molar-refractivity contribution in [2.24, 2.45) is 11.8 Å². The molecular weight excluding hydrogens is 398 g/mol. The van der Waals surface area contributed by atoms with Crippen molar-refractivity contribution in [3.05, 3.63) is 17.5 Å². The van der Waals surface area contributed by atoms with Gasteiger partial charge in [0.15, 0.2) is 0 Å². The first-order chi connectivity index (χ1) is 13.9. The van der Waals surface area contributed by atoms with Crippen LogP contribution in [0.1, 0.15) is 20.3 Å². The van der Waals surface area contributed by atoms with Crippen molar-refractivity contribution in [2.45, 2.75) is 26.4 Å². The van der Waals surface area contributed by atoms with Gasteiger partial charge in [0.1, 0.15) is 6.10 Å². The zero-order chi connectivity index (χ0) is 21.0. The summed E-state index contributed by atoms with van der Waals surface area (Å²) in [6.45, 7) is 5.64. The number of rotatable bonds is 7. The molecule has 2 unspecified atom stereocenters. The molecule has 10 nitrogen and oxygen atoms in total. The van der Waals surface area contributed by atoms with Gasteiger partial charge in [0.2, 0.25) is 5.91 Å². The summed E-state index contributed by atoms with van der Waals surface area (Å²) in [5, 5.41) is 24.9. The van der Waals surface area contributed by atoms with E-state index in [1.54, 1.807) is 4.90 Å². The third kappa shape index (κ3) is 4.92. The summed E-state index contributed by atoms with van der Waals surface area (Å²) in [5.41, 5.74) is 1.42. The minimum atomic E-state index is -1.60. The summed E-state index contributed by atoms with van der Waals surface area (Å²) >= 11 is 1.51. The van der Waals surface area contributed by atoms with Crippen LogP contribution in [-0.4, -0.2) is 69.5 Å². The Morgan fingerprint density at radius 2 is 2.03 bits per heavy atom. The van der Waals surface area contributed by atoms with Gasteiger partial charge in [-0.05, 0) is 28.9 Å². The van der Waals surface area contributed by atoms with E-state index in [1.165, 1.54) is 16.8 Å². The number of aliphatic hydroxyl groups excluding tert-OH is 1. The highest BCUT2D eigenvalue weighted by Gasteiger charge is 2.36. The Kier molecular flexibility index (Phi) is 6.83. The van der Waals surface area contributed by atoms with Gasteiger partial charge in [-0.1, -0.05) is 19.9 Å². The average Bonchev–Trinajstić information content (AvgIpc) is 3.42. The maximum atomic E-state index is 12.9. The quantitative estimate of drug-likeness (QED) is 0.443. The molecule has 0 spiro atoms.